The number of allylic oxidation sites excluding steroid dienone is 4. The van der Waals surface area contributed by atoms with Gasteiger partial charge in [0.05, 0.1) is 22.5 Å². The summed E-state index contributed by atoms with van der Waals surface area (Å²) in [6, 6.07) is 5.14. The molecule has 0 saturated heterocycles. The molecule has 0 aliphatic carbocycles. The standard InChI is InChI=1S/C22H24FN5/c1-4-14(9-17(23)5-2)10-19(26)22-27-20(6-3)18-11-15(16(12-24)13-25)7-8-21(18)28-22/h4-9,11-13,19,24-25H,2,10,26H2,1,3H3/p+1/b14-4+,16-15?,17-9+,20-6?,24-12?,25-13?. The minimum absolute atomic E-state index is 0.401. The number of nitrogens with two attached hydrogens (primary N) is 2. The van der Waals surface area contributed by atoms with Crippen LogP contribution in [0.15, 0.2) is 54.4 Å². The van der Waals surface area contributed by atoms with Crippen molar-refractivity contribution in [1.29, 1.82) is 5.41 Å². The summed E-state index contributed by atoms with van der Waals surface area (Å²) in [5.74, 6) is 0.0755. The predicted octanol–water partition coefficient (Wildman–Crippen LogP) is 1.44. The van der Waals surface area contributed by atoms with Crippen LogP contribution < -0.4 is 21.7 Å². The minimum atomic E-state index is -0.482. The molecule has 0 amide bonds. The highest BCUT2D eigenvalue weighted by molar-refractivity contribution is 6.25. The number of fused-ring (bicyclic) bond motifs is 1. The fraction of sp³-hybridized carbons (Fsp3) is 0.182. The quantitative estimate of drug-likeness (QED) is 0.502. The molecule has 28 heavy (non-hydrogen) atoms. The number of hydrogen-bond acceptors (Lipinski definition) is 4. The van der Waals surface area contributed by atoms with Crippen molar-refractivity contribution in [2.24, 2.45) is 5.73 Å². The Morgan fingerprint density at radius 1 is 1.36 bits per heavy atom. The van der Waals surface area contributed by atoms with Gasteiger partial charge in [-0.2, -0.15) is 0 Å². The highest BCUT2D eigenvalue weighted by atomic mass is 19.1. The SMILES string of the molecule is C=C/C(F)=C\C(=C/C)CC(N)c1nc(=CC)c2cc(=C(C=N)C=[NH2+])ccc2n1. The van der Waals surface area contributed by atoms with Gasteiger partial charge in [0.15, 0.2) is 6.21 Å². The highest BCUT2D eigenvalue weighted by Crippen LogP contribution is 2.19. The fourth-order valence-electron chi connectivity index (χ4n) is 2.81. The summed E-state index contributed by atoms with van der Waals surface area (Å²) < 4.78 is 13.5. The molecule has 1 heterocycles. The first-order valence-corrected chi connectivity index (χ1v) is 8.91. The smallest absolute Gasteiger partial charge is 0.169 e. The maximum Gasteiger partial charge on any atom is 0.169 e. The Bertz CT molecular complexity index is 1090. The molecule has 0 radical (unpaired) electrons. The van der Waals surface area contributed by atoms with Crippen molar-refractivity contribution in [2.45, 2.75) is 26.3 Å². The lowest BCUT2D eigenvalue weighted by Gasteiger charge is -2.12. The molecule has 0 bridgehead atoms. The summed E-state index contributed by atoms with van der Waals surface area (Å²) >= 11 is 0. The summed E-state index contributed by atoms with van der Waals surface area (Å²) in [7, 11) is 0. The third-order valence-electron chi connectivity index (χ3n) is 4.36. The Morgan fingerprint density at radius 2 is 2.11 bits per heavy atom. The van der Waals surface area contributed by atoms with Crippen molar-refractivity contribution in [3.8, 4) is 0 Å². The van der Waals surface area contributed by atoms with E-state index >= 15 is 0 Å². The van der Waals surface area contributed by atoms with E-state index in [4.69, 9.17) is 16.6 Å². The van der Waals surface area contributed by atoms with Gasteiger partial charge in [-0.15, -0.1) is 0 Å². The summed E-state index contributed by atoms with van der Waals surface area (Å²) in [5, 5.41) is 15.5. The van der Waals surface area contributed by atoms with Crippen LogP contribution in [0.1, 0.15) is 32.1 Å². The molecule has 0 aliphatic rings. The molecule has 0 spiro atoms. The van der Waals surface area contributed by atoms with Crippen molar-refractivity contribution >= 4 is 35.0 Å². The van der Waals surface area contributed by atoms with Crippen LogP contribution in [0.25, 0.3) is 22.6 Å². The number of halogens is 1. The highest BCUT2D eigenvalue weighted by Gasteiger charge is 2.13. The van der Waals surface area contributed by atoms with Crippen LogP contribution >= 0.6 is 0 Å². The van der Waals surface area contributed by atoms with Gasteiger partial charge in [0.2, 0.25) is 0 Å². The molecule has 0 aliphatic heterocycles. The van der Waals surface area contributed by atoms with E-state index < -0.39 is 11.9 Å². The van der Waals surface area contributed by atoms with Crippen LogP contribution in [0.2, 0.25) is 0 Å². The zero-order valence-corrected chi connectivity index (χ0v) is 16.1. The lowest BCUT2D eigenvalue weighted by Crippen LogP contribution is -2.32. The summed E-state index contributed by atoms with van der Waals surface area (Å²) in [6.07, 6.45) is 9.25. The van der Waals surface area contributed by atoms with E-state index in [1.54, 1.807) is 6.08 Å². The summed E-state index contributed by atoms with van der Waals surface area (Å²) in [5.41, 5.74) is 8.41. The molecule has 2 rings (SSSR count). The molecule has 6 heteroatoms. The zero-order chi connectivity index (χ0) is 20.7. The van der Waals surface area contributed by atoms with Gasteiger partial charge in [0.25, 0.3) is 0 Å². The number of nitrogens with zero attached hydrogens (tertiary/aromatic N) is 2. The van der Waals surface area contributed by atoms with Crippen LogP contribution in [0, 0.1) is 5.41 Å². The molecule has 2 aromatic rings. The molecule has 144 valence electrons. The van der Waals surface area contributed by atoms with Crippen LogP contribution in [-0.2, 0) is 0 Å². The minimum Gasteiger partial charge on any atom is -0.321 e. The molecule has 5 N–H and O–H groups in total. The second kappa shape index (κ2) is 9.62. The van der Waals surface area contributed by atoms with Gasteiger partial charge in [0.1, 0.15) is 11.7 Å². The Kier molecular flexibility index (Phi) is 7.23. The Labute approximate surface area is 163 Å². The number of nitrogens with one attached hydrogen (secondary N) is 1. The lowest BCUT2D eigenvalue weighted by molar-refractivity contribution is -0.103. The Hall–Kier alpha value is -3.25. The van der Waals surface area contributed by atoms with Crippen molar-refractivity contribution < 1.29 is 9.80 Å². The zero-order valence-electron chi connectivity index (χ0n) is 16.1. The number of hydrogen-bond donors (Lipinski definition) is 3. The second-order valence-corrected chi connectivity index (χ2v) is 6.16. The molecule has 1 unspecified atom stereocenters. The molecule has 0 fully saturated rings. The largest absolute Gasteiger partial charge is 0.321 e. The van der Waals surface area contributed by atoms with E-state index in [9.17, 15) is 4.39 Å². The van der Waals surface area contributed by atoms with Crippen LogP contribution in [0.3, 0.4) is 0 Å². The Balaban J connectivity index is 2.55. The maximum atomic E-state index is 13.5. The number of rotatable bonds is 7. The van der Waals surface area contributed by atoms with Crippen molar-refractivity contribution in [2.75, 3.05) is 0 Å². The monoisotopic (exact) mass is 378 g/mol. The third-order valence-corrected chi connectivity index (χ3v) is 4.36. The van der Waals surface area contributed by atoms with E-state index in [0.717, 1.165) is 33.1 Å². The molecule has 1 aromatic heterocycles. The number of aromatic nitrogens is 2. The van der Waals surface area contributed by atoms with Gasteiger partial charge >= 0.3 is 0 Å². The van der Waals surface area contributed by atoms with E-state index in [-0.39, 0.29) is 0 Å². The first-order valence-electron chi connectivity index (χ1n) is 8.91. The maximum absolute atomic E-state index is 13.5. The van der Waals surface area contributed by atoms with E-state index in [0.29, 0.717) is 17.8 Å². The molecule has 5 nitrogen and oxygen atoms in total. The van der Waals surface area contributed by atoms with Crippen LogP contribution in [0.5, 0.6) is 0 Å². The van der Waals surface area contributed by atoms with Crippen molar-refractivity contribution in [3.05, 3.63) is 70.8 Å². The summed E-state index contributed by atoms with van der Waals surface area (Å²) in [6.45, 7) is 7.13. The van der Waals surface area contributed by atoms with E-state index in [1.807, 2.05) is 38.1 Å². The Morgan fingerprint density at radius 3 is 2.68 bits per heavy atom. The fourth-order valence-corrected chi connectivity index (χ4v) is 2.81. The van der Waals surface area contributed by atoms with Gasteiger partial charge in [-0.3, -0.25) is 5.41 Å². The molecule has 0 saturated carbocycles. The summed E-state index contributed by atoms with van der Waals surface area (Å²) in [4.78, 5) is 9.19. The van der Waals surface area contributed by atoms with Crippen LogP contribution in [-0.4, -0.2) is 22.4 Å². The topological polar surface area (TPSA) is 101 Å². The van der Waals surface area contributed by atoms with Gasteiger partial charge in [-0.05, 0) is 55.3 Å². The van der Waals surface area contributed by atoms with E-state index in [1.165, 1.54) is 18.5 Å². The second-order valence-electron chi connectivity index (χ2n) is 6.16. The molecule has 1 aromatic carbocycles. The first kappa shape index (κ1) is 21.1. The molecular weight excluding hydrogens is 353 g/mol. The van der Waals surface area contributed by atoms with Gasteiger partial charge in [0, 0.05) is 11.6 Å². The average molecular weight is 378 g/mol. The predicted molar refractivity (Wildman–Crippen MR) is 114 cm³/mol. The van der Waals surface area contributed by atoms with E-state index in [2.05, 4.69) is 16.5 Å². The van der Waals surface area contributed by atoms with Gasteiger partial charge in [-0.1, -0.05) is 24.8 Å². The van der Waals surface area contributed by atoms with Crippen LogP contribution in [0.4, 0.5) is 4.39 Å². The number of benzene rings is 1. The first-order chi connectivity index (χ1) is 13.5. The molecular formula is C22H25FN5+. The van der Waals surface area contributed by atoms with Gasteiger partial charge in [-0.25, -0.2) is 14.4 Å². The van der Waals surface area contributed by atoms with Gasteiger partial charge < -0.3 is 11.1 Å². The lowest BCUT2D eigenvalue weighted by atomic mass is 10.0. The van der Waals surface area contributed by atoms with Crippen molar-refractivity contribution in [3.63, 3.8) is 0 Å². The third kappa shape index (κ3) is 4.72. The van der Waals surface area contributed by atoms with Crippen molar-refractivity contribution in [1.82, 2.24) is 9.97 Å². The average Bonchev–Trinajstić information content (AvgIpc) is 2.72. The molecule has 1 atom stereocenters. The normalized spacial score (nSPS) is 15.4.